The van der Waals surface area contributed by atoms with Crippen molar-refractivity contribution in [3.8, 4) is 5.75 Å². The van der Waals surface area contributed by atoms with Crippen LogP contribution in [0.3, 0.4) is 0 Å². The predicted molar refractivity (Wildman–Crippen MR) is 82.5 cm³/mol. The number of nitrogens with one attached hydrogen (secondary N) is 1. The Bertz CT molecular complexity index is 369. The molecule has 19 heavy (non-hydrogen) atoms. The van der Waals surface area contributed by atoms with Crippen LogP contribution in [0.1, 0.15) is 32.3 Å². The summed E-state index contributed by atoms with van der Waals surface area (Å²) >= 11 is 3.53. The zero-order valence-electron chi connectivity index (χ0n) is 11.8. The van der Waals surface area contributed by atoms with Gasteiger partial charge in [-0.2, -0.15) is 0 Å². The fourth-order valence-electron chi connectivity index (χ4n) is 1.67. The summed E-state index contributed by atoms with van der Waals surface area (Å²) in [5.74, 6) is 1.53. The van der Waals surface area contributed by atoms with Crippen LogP contribution >= 0.6 is 15.9 Å². The third-order valence-electron chi connectivity index (χ3n) is 2.69. The van der Waals surface area contributed by atoms with Crippen molar-refractivity contribution < 1.29 is 9.84 Å². The lowest BCUT2D eigenvalue weighted by Gasteiger charge is -2.11. The number of rotatable bonds is 9. The molecule has 0 atom stereocenters. The number of hydrogen-bond acceptors (Lipinski definition) is 3. The van der Waals surface area contributed by atoms with Crippen molar-refractivity contribution in [2.45, 2.75) is 33.2 Å². The van der Waals surface area contributed by atoms with E-state index < -0.39 is 0 Å². The van der Waals surface area contributed by atoms with E-state index in [1.54, 1.807) is 0 Å². The number of aliphatic hydroxyl groups excluding tert-OH is 1. The second-order valence-electron chi connectivity index (χ2n) is 5.07. The molecule has 0 saturated carbocycles. The monoisotopic (exact) mass is 329 g/mol. The molecule has 0 aliphatic heterocycles. The molecule has 0 aliphatic carbocycles. The zero-order valence-corrected chi connectivity index (χ0v) is 13.4. The smallest absolute Gasteiger partial charge is 0.133 e. The van der Waals surface area contributed by atoms with Gasteiger partial charge < -0.3 is 15.2 Å². The maximum atomic E-state index is 8.70. The number of ether oxygens (including phenoxy) is 1. The van der Waals surface area contributed by atoms with E-state index >= 15 is 0 Å². The van der Waals surface area contributed by atoms with Gasteiger partial charge in [0.1, 0.15) is 5.75 Å². The SMILES string of the molecule is CC(C)CNCc1ccc(OCCCCO)c(Br)c1. The van der Waals surface area contributed by atoms with Crippen molar-refractivity contribution in [2.75, 3.05) is 19.8 Å². The largest absolute Gasteiger partial charge is 0.492 e. The Kier molecular flexibility index (Phi) is 8.10. The summed E-state index contributed by atoms with van der Waals surface area (Å²) in [6.45, 7) is 7.17. The first-order chi connectivity index (χ1) is 9.13. The maximum Gasteiger partial charge on any atom is 0.133 e. The fourth-order valence-corrected chi connectivity index (χ4v) is 2.21. The van der Waals surface area contributed by atoms with Crippen molar-refractivity contribution >= 4 is 15.9 Å². The Morgan fingerprint density at radius 3 is 2.74 bits per heavy atom. The first kappa shape index (κ1) is 16.5. The lowest BCUT2D eigenvalue weighted by molar-refractivity contribution is 0.252. The lowest BCUT2D eigenvalue weighted by atomic mass is 10.2. The van der Waals surface area contributed by atoms with Gasteiger partial charge in [-0.05, 0) is 58.9 Å². The molecule has 2 N–H and O–H groups in total. The minimum absolute atomic E-state index is 0.227. The standard InChI is InChI=1S/C15H24BrNO2/c1-12(2)10-17-11-13-5-6-15(14(16)9-13)19-8-4-3-7-18/h5-6,9,12,17-18H,3-4,7-8,10-11H2,1-2H3. The normalized spacial score (nSPS) is 11.0. The highest BCUT2D eigenvalue weighted by molar-refractivity contribution is 9.10. The second-order valence-corrected chi connectivity index (χ2v) is 5.92. The maximum absolute atomic E-state index is 8.70. The van der Waals surface area contributed by atoms with Crippen LogP contribution in [0, 0.1) is 5.92 Å². The van der Waals surface area contributed by atoms with E-state index in [2.05, 4.69) is 47.2 Å². The number of aliphatic hydroxyl groups is 1. The van der Waals surface area contributed by atoms with Gasteiger partial charge in [0, 0.05) is 13.2 Å². The fraction of sp³-hybridized carbons (Fsp3) is 0.600. The summed E-state index contributed by atoms with van der Waals surface area (Å²) in [6, 6.07) is 6.17. The van der Waals surface area contributed by atoms with Gasteiger partial charge in [0.2, 0.25) is 0 Å². The quantitative estimate of drug-likeness (QED) is 0.683. The van der Waals surface area contributed by atoms with Crippen LogP contribution in [0.4, 0.5) is 0 Å². The molecule has 0 heterocycles. The van der Waals surface area contributed by atoms with Crippen LogP contribution in [0.25, 0.3) is 0 Å². The molecule has 0 amide bonds. The van der Waals surface area contributed by atoms with Crippen molar-refractivity contribution in [1.82, 2.24) is 5.32 Å². The average Bonchev–Trinajstić information content (AvgIpc) is 2.36. The molecule has 1 aromatic carbocycles. The lowest BCUT2D eigenvalue weighted by Crippen LogP contribution is -2.18. The van der Waals surface area contributed by atoms with E-state index in [0.29, 0.717) is 12.5 Å². The van der Waals surface area contributed by atoms with Crippen LogP contribution in [0.15, 0.2) is 22.7 Å². The molecule has 0 bridgehead atoms. The van der Waals surface area contributed by atoms with Crippen LogP contribution < -0.4 is 10.1 Å². The van der Waals surface area contributed by atoms with Crippen LogP contribution in [0.2, 0.25) is 0 Å². The van der Waals surface area contributed by atoms with Crippen molar-refractivity contribution in [2.24, 2.45) is 5.92 Å². The summed E-state index contributed by atoms with van der Waals surface area (Å²) in [4.78, 5) is 0. The van der Waals surface area contributed by atoms with Crippen LogP contribution in [0.5, 0.6) is 5.75 Å². The Labute approximate surface area is 124 Å². The summed E-state index contributed by atoms with van der Waals surface area (Å²) in [5.41, 5.74) is 1.25. The molecule has 108 valence electrons. The third kappa shape index (κ3) is 6.95. The summed E-state index contributed by atoms with van der Waals surface area (Å²) in [7, 11) is 0. The van der Waals surface area contributed by atoms with E-state index in [1.165, 1.54) is 5.56 Å². The minimum atomic E-state index is 0.227. The number of hydrogen-bond donors (Lipinski definition) is 2. The molecule has 1 rings (SSSR count). The molecular formula is C15H24BrNO2. The van der Waals surface area contributed by atoms with E-state index in [0.717, 1.165) is 36.2 Å². The van der Waals surface area contributed by atoms with E-state index in [4.69, 9.17) is 9.84 Å². The molecule has 0 aliphatic rings. The average molecular weight is 330 g/mol. The molecule has 4 heteroatoms. The minimum Gasteiger partial charge on any atom is -0.492 e. The molecule has 0 saturated heterocycles. The first-order valence-electron chi connectivity index (χ1n) is 6.86. The molecule has 0 radical (unpaired) electrons. The van der Waals surface area contributed by atoms with Gasteiger partial charge in [-0.25, -0.2) is 0 Å². The van der Waals surface area contributed by atoms with Crippen molar-refractivity contribution in [3.05, 3.63) is 28.2 Å². The summed E-state index contributed by atoms with van der Waals surface area (Å²) < 4.78 is 6.64. The van der Waals surface area contributed by atoms with Crippen molar-refractivity contribution in [3.63, 3.8) is 0 Å². The van der Waals surface area contributed by atoms with Gasteiger partial charge in [-0.1, -0.05) is 19.9 Å². The second kappa shape index (κ2) is 9.34. The zero-order chi connectivity index (χ0) is 14.1. The number of unbranched alkanes of at least 4 members (excludes halogenated alkanes) is 1. The highest BCUT2D eigenvalue weighted by Crippen LogP contribution is 2.26. The molecular weight excluding hydrogens is 306 g/mol. The van der Waals surface area contributed by atoms with Gasteiger partial charge in [-0.15, -0.1) is 0 Å². The van der Waals surface area contributed by atoms with Crippen LogP contribution in [-0.2, 0) is 6.54 Å². The van der Waals surface area contributed by atoms with E-state index in [-0.39, 0.29) is 6.61 Å². The van der Waals surface area contributed by atoms with Gasteiger partial charge in [0.15, 0.2) is 0 Å². The Hall–Kier alpha value is -0.580. The van der Waals surface area contributed by atoms with Gasteiger partial charge in [0.05, 0.1) is 11.1 Å². The summed E-state index contributed by atoms with van der Waals surface area (Å²) in [5, 5.41) is 12.1. The molecule has 0 unspecified atom stereocenters. The Balaban J connectivity index is 2.40. The highest BCUT2D eigenvalue weighted by atomic mass is 79.9. The third-order valence-corrected chi connectivity index (χ3v) is 3.31. The first-order valence-corrected chi connectivity index (χ1v) is 7.65. The Morgan fingerprint density at radius 2 is 2.11 bits per heavy atom. The molecule has 1 aromatic rings. The highest BCUT2D eigenvalue weighted by Gasteiger charge is 2.03. The molecule has 0 aromatic heterocycles. The number of benzene rings is 1. The Morgan fingerprint density at radius 1 is 1.32 bits per heavy atom. The summed E-state index contributed by atoms with van der Waals surface area (Å²) in [6.07, 6.45) is 1.66. The number of halogens is 1. The van der Waals surface area contributed by atoms with Gasteiger partial charge in [-0.3, -0.25) is 0 Å². The molecule has 0 fully saturated rings. The van der Waals surface area contributed by atoms with E-state index in [1.807, 2.05) is 6.07 Å². The van der Waals surface area contributed by atoms with Crippen LogP contribution in [-0.4, -0.2) is 24.9 Å². The van der Waals surface area contributed by atoms with Gasteiger partial charge >= 0.3 is 0 Å². The van der Waals surface area contributed by atoms with Gasteiger partial charge in [0.25, 0.3) is 0 Å². The topological polar surface area (TPSA) is 41.5 Å². The van der Waals surface area contributed by atoms with E-state index in [9.17, 15) is 0 Å². The molecule has 0 spiro atoms. The van der Waals surface area contributed by atoms with Crippen molar-refractivity contribution in [1.29, 1.82) is 0 Å². The molecule has 3 nitrogen and oxygen atoms in total. The predicted octanol–water partition coefficient (Wildman–Crippen LogP) is 3.35.